The standard InChI is InChI=1S/C8H13N4O8P.Li/c9-6(15)7-10-2-12(11-7)8-5(14)4(13)3(20-8)1-19-21(16,17)18;/h2-5,8,13-14H,1H2,(H2,9,15)(H2,16,17,18);/q;+1/p-1/t3-,4-,5-,8-;/m1./s1. The second-order valence-electron chi connectivity index (χ2n) is 4.22. The first-order valence-electron chi connectivity index (χ1n) is 5.60. The van der Waals surface area contributed by atoms with Gasteiger partial charge in [-0.25, -0.2) is 9.67 Å². The number of aromatic nitrogens is 3. The molecule has 118 valence electrons. The fourth-order valence-corrected chi connectivity index (χ4v) is 2.10. The topological polar surface area (TPSA) is 193 Å². The summed E-state index contributed by atoms with van der Waals surface area (Å²) in [6, 6.07) is 0. The minimum Gasteiger partial charge on any atom is -0.756 e. The molecule has 0 radical (unpaired) electrons. The number of nitrogens with two attached hydrogens (primary N) is 1. The van der Waals surface area contributed by atoms with Gasteiger partial charge in [-0.1, -0.05) is 0 Å². The van der Waals surface area contributed by atoms with E-state index < -0.39 is 44.9 Å². The molecule has 5 atom stereocenters. The number of aliphatic hydroxyl groups excluding tert-OH is 2. The Morgan fingerprint density at radius 3 is 2.68 bits per heavy atom. The van der Waals surface area contributed by atoms with Gasteiger partial charge in [-0.3, -0.25) is 9.36 Å². The first kappa shape index (κ1) is 19.2. The third kappa shape index (κ3) is 4.36. The maximum atomic E-state index is 10.9. The number of primary amides is 1. The molecular weight excluding hydrogens is 318 g/mol. The molecule has 22 heavy (non-hydrogen) atoms. The summed E-state index contributed by atoms with van der Waals surface area (Å²) in [5, 5.41) is 23.2. The average Bonchev–Trinajstić information content (AvgIpc) is 2.94. The van der Waals surface area contributed by atoms with Gasteiger partial charge in [0.1, 0.15) is 24.6 Å². The van der Waals surface area contributed by atoms with E-state index in [2.05, 4.69) is 14.6 Å². The predicted octanol–water partition coefficient (Wildman–Crippen LogP) is -6.52. The average molecular weight is 330 g/mol. The number of hydrogen-bond donors (Lipinski definition) is 4. The van der Waals surface area contributed by atoms with Gasteiger partial charge in [-0.15, -0.1) is 5.10 Å². The molecule has 1 aliphatic rings. The van der Waals surface area contributed by atoms with Gasteiger partial charge in [0.15, 0.2) is 6.23 Å². The van der Waals surface area contributed by atoms with Crippen molar-refractivity contribution in [1.82, 2.24) is 14.8 Å². The molecule has 0 spiro atoms. The van der Waals surface area contributed by atoms with Crippen LogP contribution in [0, 0.1) is 0 Å². The molecule has 2 rings (SSSR count). The number of carbonyl (C=O) groups excluding carboxylic acids is 1. The van der Waals surface area contributed by atoms with E-state index >= 15 is 0 Å². The van der Waals surface area contributed by atoms with Crippen LogP contribution in [0.25, 0.3) is 0 Å². The van der Waals surface area contributed by atoms with Gasteiger partial charge in [0.25, 0.3) is 13.7 Å². The number of phosphoric ester groups is 1. The van der Waals surface area contributed by atoms with Crippen molar-refractivity contribution in [3.8, 4) is 0 Å². The van der Waals surface area contributed by atoms with Crippen LogP contribution in [0.5, 0.6) is 0 Å². The van der Waals surface area contributed by atoms with Crippen molar-refractivity contribution in [2.75, 3.05) is 6.61 Å². The molecule has 12 nitrogen and oxygen atoms in total. The fourth-order valence-electron chi connectivity index (χ4n) is 1.76. The van der Waals surface area contributed by atoms with Gasteiger partial charge >= 0.3 is 18.9 Å². The number of amides is 1. The van der Waals surface area contributed by atoms with Crippen LogP contribution in [0.1, 0.15) is 16.8 Å². The minimum absolute atomic E-state index is 0. The SMILES string of the molecule is NC(=O)c1ncn([C@@H]2O[C@H](COP(=O)([O-])O)[C@@H](O)[C@H]2O)n1.[Li+]. The van der Waals surface area contributed by atoms with Crippen molar-refractivity contribution in [3.63, 3.8) is 0 Å². The predicted molar refractivity (Wildman–Crippen MR) is 60.2 cm³/mol. The number of aliphatic hydroxyl groups is 2. The van der Waals surface area contributed by atoms with Crippen LogP contribution in [-0.4, -0.2) is 60.7 Å². The van der Waals surface area contributed by atoms with Crippen molar-refractivity contribution in [3.05, 3.63) is 12.2 Å². The van der Waals surface area contributed by atoms with E-state index in [0.29, 0.717) is 0 Å². The summed E-state index contributed by atoms with van der Waals surface area (Å²) in [6.45, 7) is -0.705. The first-order chi connectivity index (χ1) is 9.69. The molecule has 2 heterocycles. The number of nitrogens with zero attached hydrogens (tertiary/aromatic N) is 3. The molecule has 1 aromatic rings. The van der Waals surface area contributed by atoms with Crippen molar-refractivity contribution in [1.29, 1.82) is 0 Å². The van der Waals surface area contributed by atoms with E-state index in [4.69, 9.17) is 15.4 Å². The van der Waals surface area contributed by atoms with Crippen molar-refractivity contribution in [2.24, 2.45) is 5.73 Å². The van der Waals surface area contributed by atoms with Crippen LogP contribution in [0.2, 0.25) is 0 Å². The molecule has 0 aromatic carbocycles. The van der Waals surface area contributed by atoms with Crippen molar-refractivity contribution in [2.45, 2.75) is 24.5 Å². The Labute approximate surface area is 135 Å². The summed E-state index contributed by atoms with van der Waals surface area (Å²) in [7, 11) is -4.98. The van der Waals surface area contributed by atoms with Crippen LogP contribution in [0.4, 0.5) is 0 Å². The van der Waals surface area contributed by atoms with E-state index in [1.165, 1.54) is 0 Å². The van der Waals surface area contributed by atoms with E-state index in [1.54, 1.807) is 0 Å². The second kappa shape index (κ2) is 7.18. The molecule has 0 bridgehead atoms. The van der Waals surface area contributed by atoms with Crippen LogP contribution >= 0.6 is 7.82 Å². The van der Waals surface area contributed by atoms with Gasteiger partial charge in [-0.05, 0) is 0 Å². The molecule has 1 aliphatic heterocycles. The Morgan fingerprint density at radius 1 is 1.55 bits per heavy atom. The Hall–Kier alpha value is -0.803. The molecule has 0 aliphatic carbocycles. The van der Waals surface area contributed by atoms with E-state index in [-0.39, 0.29) is 24.7 Å². The Morgan fingerprint density at radius 2 is 2.18 bits per heavy atom. The summed E-state index contributed by atoms with van der Waals surface area (Å²) in [5.41, 5.74) is 4.97. The normalized spacial score (nSPS) is 30.5. The molecule has 1 amide bonds. The monoisotopic (exact) mass is 330 g/mol. The van der Waals surface area contributed by atoms with Crippen LogP contribution in [0.15, 0.2) is 6.33 Å². The second-order valence-corrected chi connectivity index (χ2v) is 5.42. The maximum Gasteiger partial charge on any atom is 1.00 e. The number of hydrogen-bond acceptors (Lipinski definition) is 9. The van der Waals surface area contributed by atoms with E-state index in [0.717, 1.165) is 11.0 Å². The number of rotatable bonds is 5. The molecule has 5 N–H and O–H groups in total. The Balaban J connectivity index is 0.00000242. The van der Waals surface area contributed by atoms with Gasteiger partial charge in [0, 0.05) is 0 Å². The molecule has 14 heteroatoms. The molecule has 1 fully saturated rings. The first-order valence-corrected chi connectivity index (χ1v) is 7.09. The zero-order chi connectivity index (χ0) is 15.8. The largest absolute Gasteiger partial charge is 1.00 e. The molecule has 0 saturated carbocycles. The van der Waals surface area contributed by atoms with Crippen molar-refractivity contribution < 1.29 is 57.5 Å². The zero-order valence-corrected chi connectivity index (χ0v) is 12.2. The fraction of sp³-hybridized carbons (Fsp3) is 0.625. The summed E-state index contributed by atoms with van der Waals surface area (Å²) in [5.74, 6) is -1.21. The quantitative estimate of drug-likeness (QED) is 0.298. The summed E-state index contributed by atoms with van der Waals surface area (Å²) in [6.07, 6.45) is -4.39. The smallest absolute Gasteiger partial charge is 0.756 e. The Kier molecular flexibility index (Phi) is 6.28. The van der Waals surface area contributed by atoms with Crippen LogP contribution in [0.3, 0.4) is 0 Å². The van der Waals surface area contributed by atoms with Gasteiger partial charge in [0.05, 0.1) is 6.61 Å². The van der Waals surface area contributed by atoms with Gasteiger partial charge in [0.2, 0.25) is 5.82 Å². The third-order valence-electron chi connectivity index (χ3n) is 2.73. The number of carbonyl (C=O) groups is 1. The van der Waals surface area contributed by atoms with Crippen molar-refractivity contribution >= 4 is 13.7 Å². The van der Waals surface area contributed by atoms with Crippen LogP contribution < -0.4 is 29.5 Å². The number of ether oxygens (including phenoxy) is 1. The minimum atomic E-state index is -4.98. The van der Waals surface area contributed by atoms with Gasteiger partial charge < -0.3 is 35.0 Å². The molecule has 1 unspecified atom stereocenters. The van der Waals surface area contributed by atoms with Crippen LogP contribution in [-0.2, 0) is 13.8 Å². The maximum absolute atomic E-state index is 10.9. The molecular formula is C8H12LiN4O8P. The van der Waals surface area contributed by atoms with E-state index in [9.17, 15) is 24.5 Å². The zero-order valence-electron chi connectivity index (χ0n) is 11.3. The van der Waals surface area contributed by atoms with E-state index in [1.807, 2.05) is 0 Å². The summed E-state index contributed by atoms with van der Waals surface area (Å²) in [4.78, 5) is 33.4. The third-order valence-corrected chi connectivity index (χ3v) is 3.20. The summed E-state index contributed by atoms with van der Waals surface area (Å²) < 4.78 is 20.7. The molecule has 1 aromatic heterocycles. The van der Waals surface area contributed by atoms with Gasteiger partial charge in [-0.2, -0.15) is 0 Å². The molecule has 1 saturated heterocycles. The summed E-state index contributed by atoms with van der Waals surface area (Å²) >= 11 is 0. The Bertz CT molecular complexity index is 578. The number of phosphoric acid groups is 1.